The number of hydrogen-bond acceptors (Lipinski definition) is 2. The van der Waals surface area contributed by atoms with Gasteiger partial charge >= 0.3 is 0 Å². The standard InChI is InChI=1S/C20H17F3N2O2/c21-12-3-1-10(2-4-12)19-18(11-5-14(6-11)24-17(27)9-26)15-7-13(22)8-16(23)20(15)25-19/h1-4,7-8,11,14,25-26H,5-6,9H2,(H,24,27)/t11-,14-. The van der Waals surface area contributed by atoms with Crippen molar-refractivity contribution in [2.45, 2.75) is 24.8 Å². The van der Waals surface area contributed by atoms with Crippen molar-refractivity contribution in [1.82, 2.24) is 10.3 Å². The normalized spacial score (nSPS) is 19.1. The first-order chi connectivity index (χ1) is 13.0. The Hall–Kier alpha value is -2.80. The highest BCUT2D eigenvalue weighted by Crippen LogP contribution is 2.45. The van der Waals surface area contributed by atoms with Gasteiger partial charge in [-0.1, -0.05) is 0 Å². The highest BCUT2D eigenvalue weighted by Gasteiger charge is 2.35. The quantitative estimate of drug-likeness (QED) is 0.653. The number of nitrogens with one attached hydrogen (secondary N) is 2. The number of aromatic amines is 1. The van der Waals surface area contributed by atoms with E-state index in [9.17, 15) is 18.0 Å². The summed E-state index contributed by atoms with van der Waals surface area (Å²) in [7, 11) is 0. The van der Waals surface area contributed by atoms with Gasteiger partial charge in [-0.05, 0) is 60.2 Å². The van der Waals surface area contributed by atoms with Crippen molar-refractivity contribution in [3.8, 4) is 11.3 Å². The van der Waals surface area contributed by atoms with Crippen molar-refractivity contribution in [3.05, 3.63) is 59.4 Å². The number of hydrogen-bond donors (Lipinski definition) is 3. The van der Waals surface area contributed by atoms with Crippen LogP contribution < -0.4 is 5.32 Å². The molecule has 0 bridgehead atoms. The number of amides is 1. The first kappa shape index (κ1) is 17.6. The Balaban J connectivity index is 1.77. The average molecular weight is 374 g/mol. The molecule has 4 rings (SSSR count). The van der Waals surface area contributed by atoms with Crippen LogP contribution in [0.2, 0.25) is 0 Å². The molecule has 3 aromatic rings. The molecule has 0 radical (unpaired) electrons. The van der Waals surface area contributed by atoms with Crippen LogP contribution in [0.15, 0.2) is 36.4 Å². The molecule has 0 unspecified atom stereocenters. The molecule has 0 spiro atoms. The van der Waals surface area contributed by atoms with E-state index in [1.54, 1.807) is 12.1 Å². The van der Waals surface area contributed by atoms with Crippen molar-refractivity contribution in [3.63, 3.8) is 0 Å². The van der Waals surface area contributed by atoms with Crippen molar-refractivity contribution in [1.29, 1.82) is 0 Å². The Morgan fingerprint density at radius 2 is 1.81 bits per heavy atom. The molecule has 2 aromatic carbocycles. The number of aliphatic hydroxyl groups is 1. The summed E-state index contributed by atoms with van der Waals surface area (Å²) in [6, 6.07) is 7.81. The molecular weight excluding hydrogens is 357 g/mol. The van der Waals surface area contributed by atoms with Gasteiger partial charge in [-0.15, -0.1) is 0 Å². The maximum Gasteiger partial charge on any atom is 0.245 e. The lowest BCUT2D eigenvalue weighted by atomic mass is 9.74. The summed E-state index contributed by atoms with van der Waals surface area (Å²) in [5.74, 6) is -2.22. The van der Waals surface area contributed by atoms with Gasteiger partial charge < -0.3 is 15.4 Å². The summed E-state index contributed by atoms with van der Waals surface area (Å²) in [6.07, 6.45) is 1.18. The number of benzene rings is 2. The number of halogens is 3. The van der Waals surface area contributed by atoms with Crippen LogP contribution in [-0.2, 0) is 4.79 Å². The van der Waals surface area contributed by atoms with Crippen LogP contribution in [0.25, 0.3) is 22.2 Å². The fraction of sp³-hybridized carbons (Fsp3) is 0.250. The Kier molecular flexibility index (Phi) is 4.39. The third-order valence-electron chi connectivity index (χ3n) is 5.05. The molecule has 140 valence electrons. The largest absolute Gasteiger partial charge is 0.387 e. The summed E-state index contributed by atoms with van der Waals surface area (Å²) in [5.41, 5.74) is 2.25. The minimum Gasteiger partial charge on any atom is -0.387 e. The number of carbonyl (C=O) groups is 1. The van der Waals surface area contributed by atoms with Crippen LogP contribution in [0.3, 0.4) is 0 Å². The summed E-state index contributed by atoms with van der Waals surface area (Å²) < 4.78 is 41.4. The molecule has 1 fully saturated rings. The van der Waals surface area contributed by atoms with Crippen LogP contribution in [-0.4, -0.2) is 28.6 Å². The minimum atomic E-state index is -0.691. The van der Waals surface area contributed by atoms with E-state index in [4.69, 9.17) is 5.11 Å². The molecule has 1 aliphatic carbocycles. The first-order valence-corrected chi connectivity index (χ1v) is 8.63. The van der Waals surface area contributed by atoms with Gasteiger partial charge in [0.2, 0.25) is 5.91 Å². The number of aromatic nitrogens is 1. The smallest absolute Gasteiger partial charge is 0.245 e. The number of fused-ring (bicyclic) bond motifs is 1. The van der Waals surface area contributed by atoms with E-state index in [1.165, 1.54) is 18.2 Å². The second-order valence-electron chi connectivity index (χ2n) is 6.82. The molecule has 7 heteroatoms. The van der Waals surface area contributed by atoms with Crippen molar-refractivity contribution >= 4 is 16.8 Å². The predicted molar refractivity (Wildman–Crippen MR) is 94.6 cm³/mol. The summed E-state index contributed by atoms with van der Waals surface area (Å²) in [5, 5.41) is 12.0. The van der Waals surface area contributed by atoms with Crippen LogP contribution in [0.5, 0.6) is 0 Å². The Morgan fingerprint density at radius 3 is 2.48 bits per heavy atom. The minimum absolute atomic E-state index is 0.0241. The van der Waals surface area contributed by atoms with Gasteiger partial charge in [0.15, 0.2) is 0 Å². The lowest BCUT2D eigenvalue weighted by Crippen LogP contribution is -2.44. The fourth-order valence-corrected chi connectivity index (χ4v) is 3.75. The zero-order chi connectivity index (χ0) is 19.1. The second-order valence-corrected chi connectivity index (χ2v) is 6.82. The number of aliphatic hydroxyl groups excluding tert-OH is 1. The van der Waals surface area contributed by atoms with E-state index < -0.39 is 24.1 Å². The topological polar surface area (TPSA) is 65.1 Å². The zero-order valence-corrected chi connectivity index (χ0v) is 14.2. The maximum atomic E-state index is 14.3. The van der Waals surface area contributed by atoms with Crippen molar-refractivity contribution in [2.24, 2.45) is 0 Å². The van der Waals surface area contributed by atoms with Crippen LogP contribution in [0.1, 0.15) is 24.3 Å². The molecule has 4 nitrogen and oxygen atoms in total. The molecular formula is C20H17F3N2O2. The Bertz CT molecular complexity index is 1010. The lowest BCUT2D eigenvalue weighted by molar-refractivity contribution is -0.125. The van der Waals surface area contributed by atoms with E-state index in [0.717, 1.165) is 11.6 Å². The first-order valence-electron chi connectivity index (χ1n) is 8.63. The predicted octanol–water partition coefficient (Wildman–Crippen LogP) is 3.61. The molecule has 1 aliphatic rings. The highest BCUT2D eigenvalue weighted by molar-refractivity contribution is 5.92. The highest BCUT2D eigenvalue weighted by atomic mass is 19.1. The number of carbonyl (C=O) groups excluding carboxylic acids is 1. The van der Waals surface area contributed by atoms with E-state index in [-0.39, 0.29) is 23.3 Å². The monoisotopic (exact) mass is 374 g/mol. The molecule has 0 atom stereocenters. The second kappa shape index (κ2) is 6.74. The van der Waals surface area contributed by atoms with Gasteiger partial charge in [0.25, 0.3) is 0 Å². The van der Waals surface area contributed by atoms with Crippen LogP contribution in [0, 0.1) is 17.5 Å². The van der Waals surface area contributed by atoms with Gasteiger partial charge in [-0.2, -0.15) is 0 Å². The molecule has 27 heavy (non-hydrogen) atoms. The number of H-pyrrole nitrogens is 1. The molecule has 3 N–H and O–H groups in total. The van der Waals surface area contributed by atoms with Crippen molar-refractivity contribution < 1.29 is 23.1 Å². The Morgan fingerprint density at radius 1 is 1.11 bits per heavy atom. The lowest BCUT2D eigenvalue weighted by Gasteiger charge is -2.36. The van der Waals surface area contributed by atoms with Gasteiger partial charge in [0.1, 0.15) is 24.1 Å². The van der Waals surface area contributed by atoms with Gasteiger partial charge in [-0.25, -0.2) is 13.2 Å². The SMILES string of the molecule is O=C(CO)N[C@H]1C[C@H](c2c(-c3ccc(F)cc3)[nH]c3c(F)cc(F)cc32)C1. The summed E-state index contributed by atoms with van der Waals surface area (Å²) >= 11 is 0. The van der Waals surface area contributed by atoms with E-state index in [2.05, 4.69) is 10.3 Å². The summed E-state index contributed by atoms with van der Waals surface area (Å²) in [4.78, 5) is 14.3. The maximum absolute atomic E-state index is 14.3. The van der Waals surface area contributed by atoms with Crippen LogP contribution in [0.4, 0.5) is 13.2 Å². The average Bonchev–Trinajstić information content (AvgIpc) is 2.97. The van der Waals surface area contributed by atoms with E-state index in [1.807, 2.05) is 0 Å². The molecule has 1 saturated carbocycles. The van der Waals surface area contributed by atoms with E-state index in [0.29, 0.717) is 29.5 Å². The third-order valence-corrected chi connectivity index (χ3v) is 5.05. The molecule has 0 saturated heterocycles. The number of rotatable bonds is 4. The van der Waals surface area contributed by atoms with Crippen molar-refractivity contribution in [2.75, 3.05) is 6.61 Å². The molecule has 1 aromatic heterocycles. The van der Waals surface area contributed by atoms with Gasteiger partial charge in [0, 0.05) is 17.5 Å². The van der Waals surface area contributed by atoms with E-state index >= 15 is 0 Å². The van der Waals surface area contributed by atoms with Gasteiger partial charge in [0.05, 0.1) is 11.2 Å². The third kappa shape index (κ3) is 3.19. The molecule has 0 aliphatic heterocycles. The summed E-state index contributed by atoms with van der Waals surface area (Å²) in [6.45, 7) is -0.578. The Labute approximate surface area is 153 Å². The van der Waals surface area contributed by atoms with Crippen LogP contribution >= 0.6 is 0 Å². The molecule has 1 heterocycles. The fourth-order valence-electron chi connectivity index (χ4n) is 3.75. The zero-order valence-electron chi connectivity index (χ0n) is 14.2. The molecule has 1 amide bonds. The van der Waals surface area contributed by atoms with Gasteiger partial charge in [-0.3, -0.25) is 4.79 Å².